The largest absolute Gasteiger partial charge is 0.460 e. The van der Waals surface area contributed by atoms with Gasteiger partial charge in [-0.1, -0.05) is 96.8 Å². The zero-order valence-electron chi connectivity index (χ0n) is 48.6. The van der Waals surface area contributed by atoms with Crippen molar-refractivity contribution in [3.63, 3.8) is 0 Å². The molecule has 3 saturated heterocycles. The molecule has 14 unspecified atom stereocenters. The van der Waals surface area contributed by atoms with Crippen LogP contribution in [-0.2, 0) is 76.1 Å². The van der Waals surface area contributed by atoms with Crippen LogP contribution in [0.4, 0.5) is 0 Å². The molecule has 0 radical (unpaired) electrons. The molecule has 22 heteroatoms. The highest BCUT2D eigenvalue weighted by Gasteiger charge is 2.52. The molecule has 0 aliphatic carbocycles. The molecule has 79 heavy (non-hydrogen) atoms. The summed E-state index contributed by atoms with van der Waals surface area (Å²) in [7, 11) is 4.12. The van der Waals surface area contributed by atoms with E-state index >= 15 is 0 Å². The molecule has 3 heterocycles. The van der Waals surface area contributed by atoms with E-state index in [4.69, 9.17) is 47.4 Å². The number of aliphatic hydroxyl groups is 4. The Morgan fingerprint density at radius 1 is 0.506 bits per heavy atom. The molecule has 3 aliphatic rings. The summed E-state index contributed by atoms with van der Waals surface area (Å²) in [4.78, 5) is 75.3. The van der Waals surface area contributed by atoms with E-state index in [2.05, 4.69) is 31.2 Å². The molecule has 3 fully saturated rings. The van der Waals surface area contributed by atoms with Crippen LogP contribution in [0, 0.1) is 0 Å². The van der Waals surface area contributed by atoms with Gasteiger partial charge in [0, 0.05) is 53.5 Å². The van der Waals surface area contributed by atoms with Crippen LogP contribution in [-0.4, -0.2) is 194 Å². The van der Waals surface area contributed by atoms with Gasteiger partial charge in [0.1, 0.15) is 48.5 Å². The van der Waals surface area contributed by atoms with Gasteiger partial charge in [0.15, 0.2) is 37.2 Å². The van der Waals surface area contributed by atoms with Crippen LogP contribution in [0.2, 0.25) is 0 Å². The maximum absolute atomic E-state index is 12.7. The van der Waals surface area contributed by atoms with Crippen molar-refractivity contribution >= 4 is 35.6 Å². The predicted molar refractivity (Wildman–Crippen MR) is 288 cm³/mol. The zero-order valence-corrected chi connectivity index (χ0v) is 48.6. The number of aliphatic hydroxyl groups excluding tert-OH is 4. The lowest BCUT2D eigenvalue weighted by molar-refractivity contribution is -0.356. The van der Waals surface area contributed by atoms with Gasteiger partial charge in [-0.2, -0.15) is 0 Å². The highest BCUT2D eigenvalue weighted by Crippen LogP contribution is 2.32. The zero-order chi connectivity index (χ0) is 58.1. The van der Waals surface area contributed by atoms with Crippen molar-refractivity contribution in [1.82, 2.24) is 10.2 Å². The van der Waals surface area contributed by atoms with Gasteiger partial charge in [-0.3, -0.25) is 28.8 Å². The summed E-state index contributed by atoms with van der Waals surface area (Å²) in [6.45, 7) is 7.38. The van der Waals surface area contributed by atoms with E-state index < -0.39 is 116 Å². The van der Waals surface area contributed by atoms with Crippen molar-refractivity contribution in [3.8, 4) is 0 Å². The number of nitrogens with one attached hydrogen (secondary N) is 1. The van der Waals surface area contributed by atoms with Crippen molar-refractivity contribution in [3.05, 3.63) is 0 Å². The molecule has 0 aromatic carbocycles. The molecule has 14 atom stereocenters. The number of unbranched alkanes of at least 4 members (excludes halogenated alkanes) is 16. The summed E-state index contributed by atoms with van der Waals surface area (Å²) in [6, 6.07) is 0. The Morgan fingerprint density at radius 2 is 1.03 bits per heavy atom. The standard InChI is InChI=1S/C57H100N2O20/c1-8-9-10-23-31-45(44(73-38(2)60)30-24-20-19-22-29-42(64)28-21-17-15-13-11-12-14-16-18-25-32-48(66)58-33-26-27-34-59(6)7)77-55-50(68)49(67)46(36-71-55)78-56-51(69)52(43(65)35-70-56)79-57-54(76-41(5)63)53(75-40(4)62)47(37-72-57)74-39(3)61/h43-47,49-57,65,67-69H,8-37H2,1-7H3,(H,58,66). The Hall–Kier alpha value is -3.42. The topological polar surface area (TPSA) is 291 Å². The first kappa shape index (κ1) is 69.8. The van der Waals surface area contributed by atoms with Gasteiger partial charge in [0.05, 0.1) is 25.9 Å². The monoisotopic (exact) mass is 1130 g/mol. The minimum Gasteiger partial charge on any atom is -0.460 e. The van der Waals surface area contributed by atoms with Crippen molar-refractivity contribution in [1.29, 1.82) is 0 Å². The molecule has 0 spiro atoms. The van der Waals surface area contributed by atoms with Gasteiger partial charge >= 0.3 is 23.9 Å². The number of hydrogen-bond acceptors (Lipinski definition) is 21. The Bertz CT molecular complexity index is 1740. The van der Waals surface area contributed by atoms with Crippen LogP contribution in [0.1, 0.15) is 195 Å². The van der Waals surface area contributed by atoms with Gasteiger partial charge in [-0.25, -0.2) is 0 Å². The molecule has 458 valence electrons. The molecule has 0 aromatic rings. The average molecular weight is 1130 g/mol. The number of Topliss-reactive ketones (excluding diaryl/α,β-unsaturated/α-hetero) is 1. The normalized spacial score (nSPS) is 26.9. The second kappa shape index (κ2) is 39.9. The molecular weight excluding hydrogens is 1030 g/mol. The molecule has 0 aromatic heterocycles. The lowest BCUT2D eigenvalue weighted by atomic mass is 9.98. The summed E-state index contributed by atoms with van der Waals surface area (Å²) in [6.07, 6.45) is 3.33. The SMILES string of the molecule is CCCCCCC(OC1OCC(OC2OCC(O)C(OC3OCC(OC(C)=O)C(OC(C)=O)C3OC(C)=O)C2O)C(O)C1O)C(CCCCCCC(=O)CCCCCCCCCCCCC(=O)NCCCCN(C)C)OC(C)=O. The van der Waals surface area contributed by atoms with Crippen molar-refractivity contribution < 1.29 is 96.6 Å². The third-order valence-corrected chi connectivity index (χ3v) is 14.3. The number of ether oxygens (including phenoxy) is 10. The van der Waals surface area contributed by atoms with E-state index in [1.54, 1.807) is 0 Å². The highest BCUT2D eigenvalue weighted by molar-refractivity contribution is 5.78. The van der Waals surface area contributed by atoms with E-state index in [9.17, 15) is 49.2 Å². The van der Waals surface area contributed by atoms with Crippen LogP contribution in [0.25, 0.3) is 0 Å². The number of amides is 1. The average Bonchev–Trinajstić information content (AvgIpc) is 3.38. The minimum absolute atomic E-state index is 0.166. The first-order chi connectivity index (χ1) is 37.8. The predicted octanol–water partition coefficient (Wildman–Crippen LogP) is 5.40. The number of carbonyl (C=O) groups excluding carboxylic acids is 6. The summed E-state index contributed by atoms with van der Waals surface area (Å²) in [5.74, 6) is -2.39. The van der Waals surface area contributed by atoms with E-state index in [1.165, 1.54) is 32.6 Å². The maximum Gasteiger partial charge on any atom is 0.303 e. The molecule has 0 saturated carbocycles. The van der Waals surface area contributed by atoms with Gasteiger partial charge in [0.2, 0.25) is 5.91 Å². The third kappa shape index (κ3) is 28.4. The summed E-state index contributed by atoms with van der Waals surface area (Å²) < 4.78 is 57.3. The van der Waals surface area contributed by atoms with Crippen molar-refractivity contribution in [2.24, 2.45) is 0 Å². The quantitative estimate of drug-likeness (QED) is 0.0291. The minimum atomic E-state index is -1.77. The van der Waals surface area contributed by atoms with Gasteiger partial charge in [-0.15, -0.1) is 0 Å². The lowest BCUT2D eigenvalue weighted by Crippen LogP contribution is -2.63. The van der Waals surface area contributed by atoms with Crippen LogP contribution in [0.15, 0.2) is 0 Å². The number of rotatable bonds is 41. The molecule has 0 bridgehead atoms. The van der Waals surface area contributed by atoms with Gasteiger partial charge in [-0.05, 0) is 72.0 Å². The fourth-order valence-corrected chi connectivity index (χ4v) is 10.1. The van der Waals surface area contributed by atoms with Gasteiger partial charge < -0.3 is 78.0 Å². The molecule has 3 aliphatic heterocycles. The summed E-state index contributed by atoms with van der Waals surface area (Å²) in [5, 5.41) is 48.1. The Balaban J connectivity index is 1.42. The number of carbonyl (C=O) groups is 6. The number of hydrogen-bond donors (Lipinski definition) is 5. The second-order valence-corrected chi connectivity index (χ2v) is 21.8. The summed E-state index contributed by atoms with van der Waals surface area (Å²) >= 11 is 0. The van der Waals surface area contributed by atoms with E-state index in [-0.39, 0.29) is 24.9 Å². The second-order valence-electron chi connectivity index (χ2n) is 21.8. The molecule has 5 N–H and O–H groups in total. The van der Waals surface area contributed by atoms with E-state index in [0.29, 0.717) is 38.5 Å². The maximum atomic E-state index is 12.7. The first-order valence-electron chi connectivity index (χ1n) is 29.5. The molecule has 22 nitrogen and oxygen atoms in total. The van der Waals surface area contributed by atoms with E-state index in [0.717, 1.165) is 130 Å². The van der Waals surface area contributed by atoms with Gasteiger partial charge in [0.25, 0.3) is 0 Å². The number of ketones is 1. The summed E-state index contributed by atoms with van der Waals surface area (Å²) in [5.41, 5.74) is 0. The first-order valence-corrected chi connectivity index (χ1v) is 29.5. The molecule has 3 rings (SSSR count). The molecule has 1 amide bonds. The van der Waals surface area contributed by atoms with Crippen LogP contribution in [0.5, 0.6) is 0 Å². The number of nitrogens with zero attached hydrogens (tertiary/aromatic N) is 1. The van der Waals surface area contributed by atoms with Crippen molar-refractivity contribution in [2.45, 2.75) is 281 Å². The highest BCUT2D eigenvalue weighted by atomic mass is 16.8. The van der Waals surface area contributed by atoms with Crippen molar-refractivity contribution in [2.75, 3.05) is 47.0 Å². The Labute approximate surface area is 469 Å². The smallest absolute Gasteiger partial charge is 0.303 e. The molecular formula is C57H100N2O20. The lowest BCUT2D eigenvalue weighted by Gasteiger charge is -2.45. The van der Waals surface area contributed by atoms with Crippen LogP contribution < -0.4 is 5.32 Å². The Kier molecular flexibility index (Phi) is 35.3. The fourth-order valence-electron chi connectivity index (χ4n) is 10.1. The number of esters is 4. The Morgan fingerprint density at radius 3 is 1.61 bits per heavy atom. The third-order valence-electron chi connectivity index (χ3n) is 14.3. The van der Waals surface area contributed by atoms with Crippen LogP contribution >= 0.6 is 0 Å². The fraction of sp³-hybridized carbons (Fsp3) is 0.895. The van der Waals surface area contributed by atoms with E-state index in [1.807, 2.05) is 0 Å². The van der Waals surface area contributed by atoms with Crippen LogP contribution in [0.3, 0.4) is 0 Å².